The Kier molecular flexibility index (Phi) is 5.67. The van der Waals surface area contributed by atoms with Gasteiger partial charge in [-0.25, -0.2) is 13.1 Å². The van der Waals surface area contributed by atoms with E-state index in [0.717, 1.165) is 13.1 Å². The van der Waals surface area contributed by atoms with E-state index in [1.165, 1.54) is 0 Å². The third-order valence-electron chi connectivity index (χ3n) is 3.75. The van der Waals surface area contributed by atoms with Gasteiger partial charge in [0.1, 0.15) is 0 Å². The molecule has 0 aromatic heterocycles. The van der Waals surface area contributed by atoms with Crippen LogP contribution in [0.25, 0.3) is 0 Å². The Labute approximate surface area is 144 Å². The van der Waals surface area contributed by atoms with Gasteiger partial charge in [0.25, 0.3) is 5.91 Å². The molecular weight excluding hydrogens is 326 g/mol. The summed E-state index contributed by atoms with van der Waals surface area (Å²) in [5, 5.41) is 3.25. The van der Waals surface area contributed by atoms with Gasteiger partial charge in [0, 0.05) is 36.8 Å². The average molecular weight is 353 g/mol. The van der Waals surface area contributed by atoms with Crippen LogP contribution in [0, 0.1) is 0 Å². The highest BCUT2D eigenvalue weighted by molar-refractivity contribution is 7.88. The van der Waals surface area contributed by atoms with Crippen LogP contribution in [0.4, 0.5) is 0 Å². The molecule has 1 amide bonds. The molecule has 1 heterocycles. The summed E-state index contributed by atoms with van der Waals surface area (Å²) >= 11 is 0. The molecule has 0 bridgehead atoms. The lowest BCUT2D eigenvalue weighted by Gasteiger charge is -2.34. The van der Waals surface area contributed by atoms with Crippen LogP contribution < -0.4 is 10.0 Å². The normalized spacial score (nSPS) is 19.3. The molecule has 24 heavy (non-hydrogen) atoms. The van der Waals surface area contributed by atoms with Crippen molar-refractivity contribution in [2.75, 3.05) is 19.6 Å². The zero-order valence-corrected chi connectivity index (χ0v) is 15.6. The number of piperazine rings is 1. The number of benzene rings is 1. The van der Waals surface area contributed by atoms with Gasteiger partial charge < -0.3 is 10.2 Å². The van der Waals surface area contributed by atoms with E-state index in [9.17, 15) is 13.2 Å². The molecule has 0 unspecified atom stereocenters. The van der Waals surface area contributed by atoms with Crippen molar-refractivity contribution in [1.29, 1.82) is 0 Å². The molecule has 7 heteroatoms. The number of carbonyl (C=O) groups is 1. The summed E-state index contributed by atoms with van der Waals surface area (Å²) in [4.78, 5) is 14.5. The van der Waals surface area contributed by atoms with Crippen LogP contribution in [-0.2, 0) is 15.8 Å². The number of hydrogen-bond donors (Lipinski definition) is 2. The van der Waals surface area contributed by atoms with Crippen molar-refractivity contribution in [3.63, 3.8) is 0 Å². The predicted octanol–water partition coefficient (Wildman–Crippen LogP) is 1.34. The fourth-order valence-electron chi connectivity index (χ4n) is 2.82. The maximum absolute atomic E-state index is 12.7. The van der Waals surface area contributed by atoms with Gasteiger partial charge in [-0.3, -0.25) is 4.79 Å². The van der Waals surface area contributed by atoms with Crippen LogP contribution in [0.1, 0.15) is 43.6 Å². The summed E-state index contributed by atoms with van der Waals surface area (Å²) in [5.74, 6) is -0.185. The quantitative estimate of drug-likeness (QED) is 0.856. The minimum absolute atomic E-state index is 0.0490. The Hall–Kier alpha value is -1.44. The fourth-order valence-corrected chi connectivity index (χ4v) is 4.45. The fraction of sp³-hybridized carbons (Fsp3) is 0.588. The second-order valence-electron chi connectivity index (χ2n) is 7.36. The maximum Gasteiger partial charge on any atom is 0.254 e. The molecule has 0 saturated carbocycles. The number of hydrogen-bond acceptors (Lipinski definition) is 4. The number of amides is 1. The smallest absolute Gasteiger partial charge is 0.254 e. The van der Waals surface area contributed by atoms with Gasteiger partial charge in [0.2, 0.25) is 10.0 Å². The molecule has 1 aliphatic rings. The largest absolute Gasteiger partial charge is 0.333 e. The van der Waals surface area contributed by atoms with Gasteiger partial charge in [-0.15, -0.1) is 0 Å². The first-order chi connectivity index (χ1) is 11.1. The molecule has 1 atom stereocenters. The molecule has 1 aliphatic heterocycles. The maximum atomic E-state index is 12.7. The van der Waals surface area contributed by atoms with Gasteiger partial charge in [-0.05, 0) is 45.4 Å². The van der Waals surface area contributed by atoms with Crippen LogP contribution >= 0.6 is 0 Å². The van der Waals surface area contributed by atoms with E-state index in [-0.39, 0.29) is 17.7 Å². The van der Waals surface area contributed by atoms with Crippen molar-refractivity contribution in [3.8, 4) is 0 Å². The summed E-state index contributed by atoms with van der Waals surface area (Å²) in [5.41, 5.74) is 0.621. The van der Waals surface area contributed by atoms with E-state index in [2.05, 4.69) is 10.0 Å². The molecule has 1 aromatic rings. The van der Waals surface area contributed by atoms with Crippen molar-refractivity contribution in [2.24, 2.45) is 0 Å². The van der Waals surface area contributed by atoms with Crippen LogP contribution in [-0.4, -0.2) is 50.4 Å². The van der Waals surface area contributed by atoms with Gasteiger partial charge in [-0.1, -0.05) is 12.1 Å². The Morgan fingerprint density at radius 1 is 1.38 bits per heavy atom. The molecular formula is C17H27N3O3S. The van der Waals surface area contributed by atoms with E-state index in [1.807, 2.05) is 11.8 Å². The zero-order valence-electron chi connectivity index (χ0n) is 14.8. The van der Waals surface area contributed by atoms with Crippen molar-refractivity contribution in [3.05, 3.63) is 35.4 Å². The van der Waals surface area contributed by atoms with Crippen LogP contribution in [0.3, 0.4) is 0 Å². The first-order valence-electron chi connectivity index (χ1n) is 8.20. The Morgan fingerprint density at radius 3 is 2.71 bits per heavy atom. The number of nitrogens with zero attached hydrogens (tertiary/aromatic N) is 1. The molecule has 1 aromatic carbocycles. The summed E-state index contributed by atoms with van der Waals surface area (Å²) in [6.07, 6.45) is 0. The molecule has 0 aliphatic carbocycles. The SMILES string of the molecule is C[C@H]1CNCCN1C(=O)c1cccc(CS(=O)(=O)NC(C)(C)C)c1. The average Bonchev–Trinajstić information content (AvgIpc) is 2.44. The lowest BCUT2D eigenvalue weighted by molar-refractivity contribution is 0.0655. The van der Waals surface area contributed by atoms with Crippen LogP contribution in [0.15, 0.2) is 24.3 Å². The predicted molar refractivity (Wildman–Crippen MR) is 95.3 cm³/mol. The molecule has 1 saturated heterocycles. The summed E-state index contributed by atoms with van der Waals surface area (Å²) in [6.45, 7) is 9.62. The van der Waals surface area contributed by atoms with Crippen molar-refractivity contribution in [2.45, 2.75) is 45.0 Å². The lowest BCUT2D eigenvalue weighted by atomic mass is 10.1. The third kappa shape index (κ3) is 5.29. The monoisotopic (exact) mass is 353 g/mol. The molecule has 2 N–H and O–H groups in total. The Bertz CT molecular complexity index is 695. The van der Waals surface area contributed by atoms with Gasteiger partial charge in [0.05, 0.1) is 5.75 Å². The topological polar surface area (TPSA) is 78.5 Å². The highest BCUT2D eigenvalue weighted by atomic mass is 32.2. The standard InChI is InChI=1S/C17H27N3O3S/c1-13-11-18-8-9-20(13)16(21)15-7-5-6-14(10-15)12-24(22,23)19-17(2,3)4/h5-7,10,13,18-19H,8-9,11-12H2,1-4H3/t13-/m0/s1. The van der Waals surface area contributed by atoms with Gasteiger partial charge in [0.15, 0.2) is 0 Å². The summed E-state index contributed by atoms with van der Waals surface area (Å²) in [7, 11) is -3.46. The molecule has 6 nitrogen and oxygen atoms in total. The van der Waals surface area contributed by atoms with E-state index >= 15 is 0 Å². The highest BCUT2D eigenvalue weighted by Gasteiger charge is 2.25. The van der Waals surface area contributed by atoms with Crippen molar-refractivity contribution in [1.82, 2.24) is 14.9 Å². The molecule has 134 valence electrons. The zero-order chi connectivity index (χ0) is 18.0. The van der Waals surface area contributed by atoms with Gasteiger partial charge in [-0.2, -0.15) is 0 Å². The van der Waals surface area contributed by atoms with E-state index in [1.54, 1.807) is 45.0 Å². The first kappa shape index (κ1) is 18.9. The Morgan fingerprint density at radius 2 is 2.08 bits per heavy atom. The number of rotatable bonds is 4. The second-order valence-corrected chi connectivity index (χ2v) is 9.09. The Balaban J connectivity index is 2.15. The van der Waals surface area contributed by atoms with Gasteiger partial charge >= 0.3 is 0 Å². The number of sulfonamides is 1. The molecule has 2 rings (SSSR count). The number of carbonyl (C=O) groups excluding carboxylic acids is 1. The second kappa shape index (κ2) is 7.21. The van der Waals surface area contributed by atoms with Crippen molar-refractivity contribution < 1.29 is 13.2 Å². The van der Waals surface area contributed by atoms with E-state index < -0.39 is 15.6 Å². The van der Waals surface area contributed by atoms with E-state index in [0.29, 0.717) is 17.7 Å². The lowest BCUT2D eigenvalue weighted by Crippen LogP contribution is -2.52. The van der Waals surface area contributed by atoms with Crippen LogP contribution in [0.5, 0.6) is 0 Å². The number of nitrogens with one attached hydrogen (secondary N) is 2. The minimum atomic E-state index is -3.46. The van der Waals surface area contributed by atoms with Crippen molar-refractivity contribution >= 4 is 15.9 Å². The molecule has 0 radical (unpaired) electrons. The molecule has 1 fully saturated rings. The highest BCUT2D eigenvalue weighted by Crippen LogP contribution is 2.15. The summed E-state index contributed by atoms with van der Waals surface area (Å²) < 4.78 is 27.1. The van der Waals surface area contributed by atoms with E-state index in [4.69, 9.17) is 0 Å². The first-order valence-corrected chi connectivity index (χ1v) is 9.85. The third-order valence-corrected chi connectivity index (χ3v) is 5.39. The minimum Gasteiger partial charge on any atom is -0.333 e. The molecule has 0 spiro atoms. The van der Waals surface area contributed by atoms with Crippen LogP contribution in [0.2, 0.25) is 0 Å². The summed E-state index contributed by atoms with van der Waals surface area (Å²) in [6, 6.07) is 7.02.